The Kier molecular flexibility index (Phi) is 5.37. The largest absolute Gasteiger partial charge is 0.383 e. The van der Waals surface area contributed by atoms with Crippen LogP contribution >= 0.6 is 0 Å². The van der Waals surface area contributed by atoms with Crippen LogP contribution in [-0.2, 0) is 4.74 Å². The normalized spacial score (nSPS) is 15.3. The van der Waals surface area contributed by atoms with Crippen molar-refractivity contribution in [2.24, 2.45) is 0 Å². The predicted octanol–water partition coefficient (Wildman–Crippen LogP) is 1.56. The summed E-state index contributed by atoms with van der Waals surface area (Å²) in [6.45, 7) is 5.35. The molecule has 0 atom stereocenters. The van der Waals surface area contributed by atoms with E-state index in [0.29, 0.717) is 16.8 Å². The lowest BCUT2D eigenvalue weighted by atomic mass is 10.1. The molecule has 5 nitrogen and oxygen atoms in total. The zero-order valence-corrected chi connectivity index (χ0v) is 11.4. The third-order valence-corrected chi connectivity index (χ3v) is 3.36. The number of morpholine rings is 1. The minimum atomic E-state index is 0.524. The molecular weight excluding hydrogens is 252 g/mol. The summed E-state index contributed by atoms with van der Waals surface area (Å²) >= 11 is 0. The van der Waals surface area contributed by atoms with Gasteiger partial charge in [-0.3, -0.25) is 4.90 Å². The fourth-order valence-electron chi connectivity index (χ4n) is 2.27. The zero-order valence-electron chi connectivity index (χ0n) is 11.4. The van der Waals surface area contributed by atoms with Crippen LogP contribution in [0.25, 0.3) is 0 Å². The molecule has 20 heavy (non-hydrogen) atoms. The minimum Gasteiger partial charge on any atom is -0.383 e. The van der Waals surface area contributed by atoms with E-state index in [-0.39, 0.29) is 0 Å². The van der Waals surface area contributed by atoms with Gasteiger partial charge in [0.2, 0.25) is 0 Å². The van der Waals surface area contributed by atoms with Crippen molar-refractivity contribution >= 4 is 5.69 Å². The van der Waals surface area contributed by atoms with Gasteiger partial charge in [0.25, 0.3) is 0 Å². The molecule has 0 aromatic heterocycles. The summed E-state index contributed by atoms with van der Waals surface area (Å²) in [6, 6.07) is 9.43. The molecule has 0 unspecified atom stereocenters. The Balaban J connectivity index is 1.85. The molecule has 1 aliphatic heterocycles. The number of benzene rings is 1. The van der Waals surface area contributed by atoms with Crippen molar-refractivity contribution in [2.75, 3.05) is 44.7 Å². The summed E-state index contributed by atoms with van der Waals surface area (Å²) in [5.41, 5.74) is 1.70. The summed E-state index contributed by atoms with van der Waals surface area (Å²) in [5.74, 6) is 0. The number of nitriles is 2. The van der Waals surface area contributed by atoms with Gasteiger partial charge in [-0.1, -0.05) is 6.07 Å². The Labute approximate surface area is 119 Å². The molecule has 0 bridgehead atoms. The number of nitrogens with zero attached hydrogens (tertiary/aromatic N) is 3. The monoisotopic (exact) mass is 270 g/mol. The highest BCUT2D eigenvalue weighted by Gasteiger charge is 2.10. The van der Waals surface area contributed by atoms with E-state index in [0.717, 1.165) is 45.8 Å². The Bertz CT molecular complexity index is 491. The Morgan fingerprint density at radius 1 is 1.15 bits per heavy atom. The van der Waals surface area contributed by atoms with Crippen LogP contribution in [0.4, 0.5) is 5.69 Å². The van der Waals surface area contributed by atoms with Crippen LogP contribution < -0.4 is 5.32 Å². The standard InChI is InChI=1S/C15H18N4O/c16-11-13-3-1-4-14(12-17)15(13)18-5-2-6-19-7-9-20-10-8-19/h1,3-4,18H,2,5-10H2. The first kappa shape index (κ1) is 14.3. The Morgan fingerprint density at radius 2 is 1.80 bits per heavy atom. The fraction of sp³-hybridized carbons (Fsp3) is 0.467. The molecule has 104 valence electrons. The van der Waals surface area contributed by atoms with E-state index >= 15 is 0 Å². The number of ether oxygens (including phenoxy) is 1. The highest BCUT2D eigenvalue weighted by molar-refractivity contribution is 5.66. The molecule has 1 saturated heterocycles. The van der Waals surface area contributed by atoms with E-state index < -0.39 is 0 Å². The van der Waals surface area contributed by atoms with Gasteiger partial charge in [-0.15, -0.1) is 0 Å². The zero-order chi connectivity index (χ0) is 14.2. The number of rotatable bonds is 5. The minimum absolute atomic E-state index is 0.524. The van der Waals surface area contributed by atoms with Gasteiger partial charge in [0.1, 0.15) is 12.1 Å². The maximum atomic E-state index is 9.08. The molecule has 1 aliphatic rings. The van der Waals surface area contributed by atoms with E-state index in [1.165, 1.54) is 0 Å². The van der Waals surface area contributed by atoms with Crippen LogP contribution in [0, 0.1) is 22.7 Å². The number of hydrogen-bond acceptors (Lipinski definition) is 5. The number of anilines is 1. The second-order valence-corrected chi connectivity index (χ2v) is 4.69. The van der Waals surface area contributed by atoms with E-state index in [1.54, 1.807) is 18.2 Å². The molecule has 0 amide bonds. The summed E-state index contributed by atoms with van der Waals surface area (Å²) in [4.78, 5) is 2.37. The molecule has 5 heteroatoms. The van der Waals surface area contributed by atoms with Crippen LogP contribution in [0.2, 0.25) is 0 Å². The third-order valence-electron chi connectivity index (χ3n) is 3.36. The molecular formula is C15H18N4O. The van der Waals surface area contributed by atoms with Gasteiger partial charge in [0, 0.05) is 19.6 Å². The van der Waals surface area contributed by atoms with Crippen molar-refractivity contribution in [3.63, 3.8) is 0 Å². The van der Waals surface area contributed by atoms with Gasteiger partial charge in [-0.05, 0) is 25.1 Å². The molecule has 1 fully saturated rings. The summed E-state index contributed by atoms with van der Waals surface area (Å²) < 4.78 is 5.31. The quantitative estimate of drug-likeness (QED) is 0.822. The van der Waals surface area contributed by atoms with Crippen LogP contribution in [0.3, 0.4) is 0 Å². The first-order valence-electron chi connectivity index (χ1n) is 6.82. The maximum absolute atomic E-state index is 9.08. The fourth-order valence-corrected chi connectivity index (χ4v) is 2.27. The summed E-state index contributed by atoms with van der Waals surface area (Å²) in [7, 11) is 0. The lowest BCUT2D eigenvalue weighted by molar-refractivity contribution is 0.0378. The van der Waals surface area contributed by atoms with Crippen LogP contribution in [0.15, 0.2) is 18.2 Å². The van der Waals surface area contributed by atoms with Crippen molar-refractivity contribution in [3.8, 4) is 12.1 Å². The van der Waals surface area contributed by atoms with Crippen molar-refractivity contribution in [1.29, 1.82) is 10.5 Å². The van der Waals surface area contributed by atoms with Gasteiger partial charge < -0.3 is 10.1 Å². The molecule has 1 heterocycles. The summed E-state index contributed by atoms with van der Waals surface area (Å²) in [6.07, 6.45) is 0.977. The molecule has 0 saturated carbocycles. The molecule has 0 radical (unpaired) electrons. The second kappa shape index (κ2) is 7.49. The average Bonchev–Trinajstić information content (AvgIpc) is 2.52. The van der Waals surface area contributed by atoms with Gasteiger partial charge in [0.05, 0.1) is 30.0 Å². The van der Waals surface area contributed by atoms with Gasteiger partial charge >= 0.3 is 0 Å². The number of nitrogens with one attached hydrogen (secondary N) is 1. The Morgan fingerprint density at radius 3 is 2.40 bits per heavy atom. The van der Waals surface area contributed by atoms with Crippen molar-refractivity contribution in [2.45, 2.75) is 6.42 Å². The van der Waals surface area contributed by atoms with Crippen molar-refractivity contribution in [1.82, 2.24) is 4.90 Å². The first-order valence-corrected chi connectivity index (χ1v) is 6.82. The average molecular weight is 270 g/mol. The van der Waals surface area contributed by atoms with Crippen LogP contribution in [0.5, 0.6) is 0 Å². The SMILES string of the molecule is N#Cc1cccc(C#N)c1NCCCN1CCOCC1. The van der Waals surface area contributed by atoms with Crippen molar-refractivity contribution < 1.29 is 4.74 Å². The van der Waals surface area contributed by atoms with Crippen LogP contribution in [-0.4, -0.2) is 44.3 Å². The lowest BCUT2D eigenvalue weighted by Crippen LogP contribution is -2.37. The molecule has 1 aromatic carbocycles. The third kappa shape index (κ3) is 3.71. The van der Waals surface area contributed by atoms with Gasteiger partial charge in [-0.2, -0.15) is 10.5 Å². The highest BCUT2D eigenvalue weighted by atomic mass is 16.5. The molecule has 0 spiro atoms. The van der Waals surface area contributed by atoms with Gasteiger partial charge in [0.15, 0.2) is 0 Å². The van der Waals surface area contributed by atoms with E-state index in [2.05, 4.69) is 22.4 Å². The van der Waals surface area contributed by atoms with Gasteiger partial charge in [-0.25, -0.2) is 0 Å². The molecule has 2 rings (SSSR count). The number of para-hydroxylation sites is 1. The van der Waals surface area contributed by atoms with E-state index in [1.807, 2.05) is 0 Å². The first-order chi connectivity index (χ1) is 9.85. The smallest absolute Gasteiger partial charge is 0.101 e. The maximum Gasteiger partial charge on any atom is 0.101 e. The molecule has 1 aromatic rings. The van der Waals surface area contributed by atoms with Crippen LogP contribution in [0.1, 0.15) is 17.5 Å². The lowest BCUT2D eigenvalue weighted by Gasteiger charge is -2.26. The predicted molar refractivity (Wildman–Crippen MR) is 76.2 cm³/mol. The highest BCUT2D eigenvalue weighted by Crippen LogP contribution is 2.19. The van der Waals surface area contributed by atoms with Crippen molar-refractivity contribution in [3.05, 3.63) is 29.3 Å². The Hall–Kier alpha value is -2.08. The summed E-state index contributed by atoms with van der Waals surface area (Å²) in [5, 5.41) is 21.4. The second-order valence-electron chi connectivity index (χ2n) is 4.69. The number of hydrogen-bond donors (Lipinski definition) is 1. The molecule has 1 N–H and O–H groups in total. The topological polar surface area (TPSA) is 72.1 Å². The van der Waals surface area contributed by atoms with E-state index in [4.69, 9.17) is 15.3 Å². The molecule has 0 aliphatic carbocycles. The van der Waals surface area contributed by atoms with E-state index in [9.17, 15) is 0 Å².